The van der Waals surface area contributed by atoms with Crippen molar-refractivity contribution in [1.29, 1.82) is 0 Å². The predicted molar refractivity (Wildman–Crippen MR) is 102 cm³/mol. The SMILES string of the molecule is COc1cccc(-n2c(-c3ccccc3)cc3ccccc3c2=O)c1. The zero-order valence-electron chi connectivity index (χ0n) is 13.8. The monoisotopic (exact) mass is 327 g/mol. The van der Waals surface area contributed by atoms with Crippen LogP contribution in [-0.4, -0.2) is 11.7 Å². The number of aromatic nitrogens is 1. The topological polar surface area (TPSA) is 31.2 Å². The van der Waals surface area contributed by atoms with Crippen LogP contribution in [0.3, 0.4) is 0 Å². The number of hydrogen-bond donors (Lipinski definition) is 0. The number of ether oxygens (including phenoxy) is 1. The third-order valence-corrected chi connectivity index (χ3v) is 4.31. The van der Waals surface area contributed by atoms with Crippen LogP contribution >= 0.6 is 0 Å². The molecule has 0 amide bonds. The molecule has 0 aliphatic rings. The van der Waals surface area contributed by atoms with Crippen LogP contribution in [0.4, 0.5) is 0 Å². The van der Waals surface area contributed by atoms with Crippen LogP contribution in [0.1, 0.15) is 0 Å². The second-order valence-electron chi connectivity index (χ2n) is 5.82. The Balaban J connectivity index is 2.10. The van der Waals surface area contributed by atoms with E-state index in [1.807, 2.05) is 78.9 Å². The normalized spacial score (nSPS) is 10.8. The summed E-state index contributed by atoms with van der Waals surface area (Å²) < 4.78 is 7.08. The molecular weight excluding hydrogens is 310 g/mol. The molecular formula is C22H17NO2. The lowest BCUT2D eigenvalue weighted by Gasteiger charge is -2.15. The average Bonchev–Trinajstić information content (AvgIpc) is 2.68. The first kappa shape index (κ1) is 15.2. The molecule has 122 valence electrons. The minimum absolute atomic E-state index is 0.0368. The van der Waals surface area contributed by atoms with E-state index in [1.165, 1.54) is 0 Å². The molecule has 1 heterocycles. The van der Waals surface area contributed by atoms with Crippen LogP contribution in [0.25, 0.3) is 27.7 Å². The molecule has 3 aromatic carbocycles. The van der Waals surface area contributed by atoms with Gasteiger partial charge in [0.2, 0.25) is 0 Å². The van der Waals surface area contributed by atoms with E-state index in [2.05, 4.69) is 6.07 Å². The number of hydrogen-bond acceptors (Lipinski definition) is 2. The predicted octanol–water partition coefficient (Wildman–Crippen LogP) is 4.67. The summed E-state index contributed by atoms with van der Waals surface area (Å²) in [6, 6.07) is 27.3. The standard InChI is InChI=1S/C22H17NO2/c1-25-19-12-7-11-18(15-19)23-21(16-8-3-2-4-9-16)14-17-10-5-6-13-20(17)22(23)24/h2-15H,1H3. The fraction of sp³-hybridized carbons (Fsp3) is 0.0455. The van der Waals surface area contributed by atoms with Crippen molar-refractivity contribution in [2.45, 2.75) is 0 Å². The summed E-state index contributed by atoms with van der Waals surface area (Å²) in [4.78, 5) is 13.2. The van der Waals surface area contributed by atoms with Crippen LogP contribution in [0.15, 0.2) is 89.7 Å². The Morgan fingerprint density at radius 3 is 2.36 bits per heavy atom. The van der Waals surface area contributed by atoms with Crippen molar-refractivity contribution in [2.75, 3.05) is 7.11 Å². The number of rotatable bonds is 3. The Kier molecular flexibility index (Phi) is 3.82. The minimum Gasteiger partial charge on any atom is -0.497 e. The number of benzene rings is 3. The smallest absolute Gasteiger partial charge is 0.263 e. The highest BCUT2D eigenvalue weighted by molar-refractivity contribution is 5.86. The van der Waals surface area contributed by atoms with Crippen molar-refractivity contribution < 1.29 is 4.74 Å². The lowest BCUT2D eigenvalue weighted by Crippen LogP contribution is -2.20. The zero-order chi connectivity index (χ0) is 17.2. The van der Waals surface area contributed by atoms with Gasteiger partial charge in [0.25, 0.3) is 5.56 Å². The van der Waals surface area contributed by atoms with Crippen LogP contribution in [0, 0.1) is 0 Å². The van der Waals surface area contributed by atoms with Gasteiger partial charge in [0.1, 0.15) is 5.75 Å². The highest BCUT2D eigenvalue weighted by Crippen LogP contribution is 2.26. The number of fused-ring (bicyclic) bond motifs is 1. The molecule has 0 spiro atoms. The summed E-state index contributed by atoms with van der Waals surface area (Å²) in [5, 5.41) is 1.63. The fourth-order valence-corrected chi connectivity index (χ4v) is 3.09. The molecule has 0 unspecified atom stereocenters. The summed E-state index contributed by atoms with van der Waals surface area (Å²) in [7, 11) is 1.63. The van der Waals surface area contributed by atoms with Gasteiger partial charge in [0, 0.05) is 11.5 Å². The maximum Gasteiger partial charge on any atom is 0.263 e. The second-order valence-corrected chi connectivity index (χ2v) is 5.82. The van der Waals surface area contributed by atoms with E-state index >= 15 is 0 Å². The van der Waals surface area contributed by atoms with Gasteiger partial charge in [-0.1, -0.05) is 54.6 Å². The first-order chi connectivity index (χ1) is 12.3. The Hall–Kier alpha value is -3.33. The van der Waals surface area contributed by atoms with Crippen molar-refractivity contribution >= 4 is 10.8 Å². The zero-order valence-corrected chi connectivity index (χ0v) is 13.8. The quantitative estimate of drug-likeness (QED) is 0.548. The molecule has 0 radical (unpaired) electrons. The van der Waals surface area contributed by atoms with Gasteiger partial charge in [-0.25, -0.2) is 0 Å². The molecule has 3 nitrogen and oxygen atoms in total. The lowest BCUT2D eigenvalue weighted by molar-refractivity contribution is 0.414. The molecule has 0 saturated carbocycles. The lowest BCUT2D eigenvalue weighted by atomic mass is 10.1. The van der Waals surface area contributed by atoms with Crippen LogP contribution < -0.4 is 10.3 Å². The molecule has 1 aromatic heterocycles. The molecule has 4 aromatic rings. The van der Waals surface area contributed by atoms with E-state index in [9.17, 15) is 4.79 Å². The van der Waals surface area contributed by atoms with Crippen molar-refractivity contribution in [1.82, 2.24) is 4.57 Å². The second kappa shape index (κ2) is 6.29. The minimum atomic E-state index is -0.0368. The first-order valence-corrected chi connectivity index (χ1v) is 8.12. The third kappa shape index (κ3) is 2.70. The fourth-order valence-electron chi connectivity index (χ4n) is 3.09. The van der Waals surface area contributed by atoms with Crippen molar-refractivity contribution in [3.8, 4) is 22.7 Å². The number of pyridine rings is 1. The van der Waals surface area contributed by atoms with Crippen LogP contribution in [-0.2, 0) is 0 Å². The van der Waals surface area contributed by atoms with E-state index in [0.29, 0.717) is 5.39 Å². The largest absolute Gasteiger partial charge is 0.497 e. The summed E-state index contributed by atoms with van der Waals surface area (Å²) in [5.74, 6) is 0.719. The van der Waals surface area contributed by atoms with Gasteiger partial charge >= 0.3 is 0 Å². The van der Waals surface area contributed by atoms with Gasteiger partial charge in [0.15, 0.2) is 0 Å². The van der Waals surface area contributed by atoms with E-state index in [-0.39, 0.29) is 5.56 Å². The van der Waals surface area contributed by atoms with Gasteiger partial charge < -0.3 is 4.74 Å². The van der Waals surface area contributed by atoms with Gasteiger partial charge in [-0.15, -0.1) is 0 Å². The summed E-state index contributed by atoms with van der Waals surface area (Å²) in [5.41, 5.74) is 2.60. The molecule has 0 N–H and O–H groups in total. The van der Waals surface area contributed by atoms with E-state index in [4.69, 9.17) is 4.74 Å². The van der Waals surface area contributed by atoms with Gasteiger partial charge in [-0.3, -0.25) is 9.36 Å². The molecule has 0 aliphatic carbocycles. The van der Waals surface area contributed by atoms with Crippen LogP contribution in [0.2, 0.25) is 0 Å². The van der Waals surface area contributed by atoms with Crippen molar-refractivity contribution in [2.24, 2.45) is 0 Å². The third-order valence-electron chi connectivity index (χ3n) is 4.31. The Morgan fingerprint density at radius 2 is 1.56 bits per heavy atom. The Morgan fingerprint density at radius 1 is 0.800 bits per heavy atom. The number of methoxy groups -OCH3 is 1. The van der Waals surface area contributed by atoms with Gasteiger partial charge in [-0.05, 0) is 35.2 Å². The van der Waals surface area contributed by atoms with E-state index < -0.39 is 0 Å². The average molecular weight is 327 g/mol. The molecule has 0 aliphatic heterocycles. The summed E-state index contributed by atoms with van der Waals surface area (Å²) in [6.45, 7) is 0. The summed E-state index contributed by atoms with van der Waals surface area (Å²) in [6.07, 6.45) is 0. The molecule has 4 rings (SSSR count). The molecule has 25 heavy (non-hydrogen) atoms. The maximum absolute atomic E-state index is 13.2. The highest BCUT2D eigenvalue weighted by atomic mass is 16.5. The first-order valence-electron chi connectivity index (χ1n) is 8.12. The molecule has 0 atom stereocenters. The molecule has 0 fully saturated rings. The van der Waals surface area contributed by atoms with E-state index in [1.54, 1.807) is 11.7 Å². The van der Waals surface area contributed by atoms with Crippen molar-refractivity contribution in [3.05, 3.63) is 95.3 Å². The Labute approximate surface area is 145 Å². The van der Waals surface area contributed by atoms with Gasteiger partial charge in [-0.2, -0.15) is 0 Å². The molecule has 0 bridgehead atoms. The summed E-state index contributed by atoms with van der Waals surface area (Å²) >= 11 is 0. The Bertz CT molecular complexity index is 1100. The van der Waals surface area contributed by atoms with Crippen molar-refractivity contribution in [3.63, 3.8) is 0 Å². The van der Waals surface area contributed by atoms with Crippen LogP contribution in [0.5, 0.6) is 5.75 Å². The molecule has 0 saturated heterocycles. The van der Waals surface area contributed by atoms with E-state index in [0.717, 1.165) is 28.1 Å². The maximum atomic E-state index is 13.2. The highest BCUT2D eigenvalue weighted by Gasteiger charge is 2.13. The molecule has 3 heteroatoms. The van der Waals surface area contributed by atoms with Gasteiger partial charge in [0.05, 0.1) is 18.5 Å². The number of nitrogens with zero attached hydrogens (tertiary/aromatic N) is 1.